The zero-order valence-corrected chi connectivity index (χ0v) is 11.9. The zero-order valence-electron chi connectivity index (χ0n) is 11.9. The van der Waals surface area contributed by atoms with Crippen LogP contribution in [0.15, 0.2) is 6.07 Å². The van der Waals surface area contributed by atoms with Crippen LogP contribution in [0.2, 0.25) is 0 Å². The number of nitrogens with zero attached hydrogens (tertiary/aromatic N) is 3. The van der Waals surface area contributed by atoms with Gasteiger partial charge in [0, 0.05) is 32.1 Å². The van der Waals surface area contributed by atoms with Crippen LogP contribution in [0.5, 0.6) is 0 Å². The Morgan fingerprint density at radius 1 is 1.32 bits per heavy atom. The van der Waals surface area contributed by atoms with E-state index in [0.29, 0.717) is 0 Å². The van der Waals surface area contributed by atoms with E-state index in [9.17, 15) is 5.11 Å². The normalized spacial score (nSPS) is 16.7. The summed E-state index contributed by atoms with van der Waals surface area (Å²) in [5, 5.41) is 12.8. The van der Waals surface area contributed by atoms with Gasteiger partial charge in [-0.15, -0.1) is 0 Å². The lowest BCUT2D eigenvalue weighted by molar-refractivity contribution is 0.145. The fraction of sp³-hybridized carbons (Fsp3) is 0.714. The number of aryl methyl sites for hydroxylation is 1. The molecule has 0 bridgehead atoms. The van der Waals surface area contributed by atoms with Crippen LogP contribution in [-0.4, -0.2) is 40.8 Å². The third-order valence-corrected chi connectivity index (χ3v) is 3.38. The zero-order chi connectivity index (χ0) is 13.7. The molecule has 106 valence electrons. The van der Waals surface area contributed by atoms with Crippen LogP contribution in [0.4, 0.5) is 11.6 Å². The average Bonchev–Trinajstić information content (AvgIpc) is 2.40. The molecule has 0 saturated carbocycles. The van der Waals surface area contributed by atoms with Gasteiger partial charge in [0.2, 0.25) is 0 Å². The highest BCUT2D eigenvalue weighted by Gasteiger charge is 2.19. The van der Waals surface area contributed by atoms with Crippen molar-refractivity contribution in [1.82, 2.24) is 9.97 Å². The van der Waals surface area contributed by atoms with Gasteiger partial charge in [-0.1, -0.05) is 6.92 Å². The summed E-state index contributed by atoms with van der Waals surface area (Å²) >= 11 is 0. The van der Waals surface area contributed by atoms with Crippen LogP contribution in [0.1, 0.15) is 38.9 Å². The Hall–Kier alpha value is -1.36. The second-order valence-electron chi connectivity index (χ2n) is 5.03. The van der Waals surface area contributed by atoms with Gasteiger partial charge in [-0.3, -0.25) is 0 Å². The highest BCUT2D eigenvalue weighted by atomic mass is 16.3. The summed E-state index contributed by atoms with van der Waals surface area (Å²) in [4.78, 5) is 11.4. The molecule has 0 atom stereocenters. The molecule has 0 aliphatic carbocycles. The van der Waals surface area contributed by atoms with Gasteiger partial charge in [0.05, 0.1) is 6.10 Å². The summed E-state index contributed by atoms with van der Waals surface area (Å²) in [5.74, 6) is 2.80. The predicted octanol–water partition coefficient (Wildman–Crippen LogP) is 1.82. The monoisotopic (exact) mass is 264 g/mol. The van der Waals surface area contributed by atoms with E-state index >= 15 is 0 Å². The van der Waals surface area contributed by atoms with Crippen molar-refractivity contribution in [2.75, 3.05) is 29.9 Å². The first-order valence-corrected chi connectivity index (χ1v) is 7.27. The molecule has 19 heavy (non-hydrogen) atoms. The topological polar surface area (TPSA) is 61.3 Å². The molecule has 1 aliphatic heterocycles. The van der Waals surface area contributed by atoms with Crippen molar-refractivity contribution in [2.45, 2.75) is 45.6 Å². The van der Waals surface area contributed by atoms with Gasteiger partial charge < -0.3 is 15.3 Å². The van der Waals surface area contributed by atoms with Crippen molar-refractivity contribution in [3.63, 3.8) is 0 Å². The smallest absolute Gasteiger partial charge is 0.134 e. The molecule has 0 unspecified atom stereocenters. The van der Waals surface area contributed by atoms with Gasteiger partial charge in [-0.2, -0.15) is 0 Å². The molecule has 2 N–H and O–H groups in total. The van der Waals surface area contributed by atoms with Gasteiger partial charge in [-0.25, -0.2) is 9.97 Å². The number of hydrogen-bond donors (Lipinski definition) is 2. The number of aliphatic hydroxyl groups is 1. The van der Waals surface area contributed by atoms with E-state index in [-0.39, 0.29) is 6.10 Å². The van der Waals surface area contributed by atoms with Gasteiger partial charge >= 0.3 is 0 Å². The van der Waals surface area contributed by atoms with Gasteiger partial charge in [-0.05, 0) is 26.2 Å². The van der Waals surface area contributed by atoms with Crippen LogP contribution in [-0.2, 0) is 6.42 Å². The Kier molecular flexibility index (Phi) is 4.96. The lowest BCUT2D eigenvalue weighted by Gasteiger charge is -2.30. The Bertz CT molecular complexity index is 378. The van der Waals surface area contributed by atoms with Crippen LogP contribution in [0, 0.1) is 0 Å². The Labute approximate surface area is 115 Å². The minimum absolute atomic E-state index is 0.151. The van der Waals surface area contributed by atoms with Crippen molar-refractivity contribution in [3.8, 4) is 0 Å². The van der Waals surface area contributed by atoms with Crippen molar-refractivity contribution in [1.29, 1.82) is 0 Å². The fourth-order valence-corrected chi connectivity index (χ4v) is 2.35. The van der Waals surface area contributed by atoms with Crippen LogP contribution >= 0.6 is 0 Å². The highest BCUT2D eigenvalue weighted by Crippen LogP contribution is 2.21. The lowest BCUT2D eigenvalue weighted by atomic mass is 10.1. The molecule has 1 saturated heterocycles. The predicted molar refractivity (Wildman–Crippen MR) is 77.6 cm³/mol. The third kappa shape index (κ3) is 3.80. The Morgan fingerprint density at radius 2 is 2.05 bits per heavy atom. The molecule has 0 aromatic carbocycles. The highest BCUT2D eigenvalue weighted by molar-refractivity contribution is 5.49. The summed E-state index contributed by atoms with van der Waals surface area (Å²) < 4.78 is 0. The van der Waals surface area contributed by atoms with Crippen LogP contribution in [0.3, 0.4) is 0 Å². The minimum Gasteiger partial charge on any atom is -0.393 e. The van der Waals surface area contributed by atoms with E-state index in [1.807, 2.05) is 6.07 Å². The van der Waals surface area contributed by atoms with E-state index in [1.54, 1.807) is 0 Å². The van der Waals surface area contributed by atoms with E-state index in [4.69, 9.17) is 0 Å². The maximum absolute atomic E-state index is 9.58. The standard InChI is InChI=1S/C14H24N4O/c1-3-5-12-16-13(15-4-2)10-14(17-12)18-8-6-11(19)7-9-18/h10-11,19H,3-9H2,1-2H3,(H,15,16,17). The average molecular weight is 264 g/mol. The number of piperidine rings is 1. The van der Waals surface area contributed by atoms with E-state index in [2.05, 4.69) is 34.0 Å². The molecule has 5 heteroatoms. The molecule has 1 aliphatic rings. The Morgan fingerprint density at radius 3 is 2.68 bits per heavy atom. The molecule has 0 radical (unpaired) electrons. The van der Waals surface area contributed by atoms with Crippen molar-refractivity contribution < 1.29 is 5.11 Å². The summed E-state index contributed by atoms with van der Waals surface area (Å²) in [7, 11) is 0. The molecule has 1 aromatic rings. The second kappa shape index (κ2) is 6.70. The maximum Gasteiger partial charge on any atom is 0.134 e. The molecule has 2 heterocycles. The number of hydrogen-bond acceptors (Lipinski definition) is 5. The van der Waals surface area contributed by atoms with Crippen LogP contribution < -0.4 is 10.2 Å². The molecule has 1 fully saturated rings. The Balaban J connectivity index is 2.17. The molecule has 2 rings (SSSR count). The number of aliphatic hydroxyl groups excluding tert-OH is 1. The molecule has 1 aromatic heterocycles. The molecule has 5 nitrogen and oxygen atoms in total. The van der Waals surface area contributed by atoms with Crippen molar-refractivity contribution >= 4 is 11.6 Å². The van der Waals surface area contributed by atoms with E-state index in [0.717, 1.165) is 62.8 Å². The molecule has 0 amide bonds. The minimum atomic E-state index is -0.151. The third-order valence-electron chi connectivity index (χ3n) is 3.38. The van der Waals surface area contributed by atoms with Gasteiger partial charge in [0.15, 0.2) is 0 Å². The summed E-state index contributed by atoms with van der Waals surface area (Å²) in [6.07, 6.45) is 3.45. The lowest BCUT2D eigenvalue weighted by Crippen LogP contribution is -2.36. The van der Waals surface area contributed by atoms with E-state index < -0.39 is 0 Å². The second-order valence-corrected chi connectivity index (χ2v) is 5.03. The SMILES string of the molecule is CCCc1nc(NCC)cc(N2CCC(O)CC2)n1. The first kappa shape index (κ1) is 14.1. The summed E-state index contributed by atoms with van der Waals surface area (Å²) in [5.41, 5.74) is 0. The molecular weight excluding hydrogens is 240 g/mol. The van der Waals surface area contributed by atoms with Crippen LogP contribution in [0.25, 0.3) is 0 Å². The first-order valence-electron chi connectivity index (χ1n) is 7.27. The fourth-order valence-electron chi connectivity index (χ4n) is 2.35. The number of aromatic nitrogens is 2. The summed E-state index contributed by atoms with van der Waals surface area (Å²) in [6, 6.07) is 2.01. The number of anilines is 2. The number of nitrogens with one attached hydrogen (secondary N) is 1. The first-order chi connectivity index (χ1) is 9.22. The van der Waals surface area contributed by atoms with E-state index in [1.165, 1.54) is 0 Å². The maximum atomic E-state index is 9.58. The number of rotatable bonds is 5. The quantitative estimate of drug-likeness (QED) is 0.849. The van der Waals surface area contributed by atoms with Gasteiger partial charge in [0.25, 0.3) is 0 Å². The summed E-state index contributed by atoms with van der Waals surface area (Å²) in [6.45, 7) is 6.81. The molecule has 0 spiro atoms. The molecular formula is C14H24N4O. The largest absolute Gasteiger partial charge is 0.393 e. The van der Waals surface area contributed by atoms with Gasteiger partial charge in [0.1, 0.15) is 17.5 Å². The van der Waals surface area contributed by atoms with Crippen molar-refractivity contribution in [2.24, 2.45) is 0 Å². The van der Waals surface area contributed by atoms with Crippen molar-refractivity contribution in [3.05, 3.63) is 11.9 Å².